The molecule has 8 heteroatoms. The first kappa shape index (κ1) is 22.7. The molecular formula is C21H26F3N3O2. The van der Waals surface area contributed by atoms with E-state index in [4.69, 9.17) is 4.74 Å². The lowest BCUT2D eigenvalue weighted by Gasteiger charge is -2.13. The molecule has 2 N–H and O–H groups in total. The highest BCUT2D eigenvalue weighted by Crippen LogP contribution is 2.15. The molecule has 0 saturated heterocycles. The Balaban J connectivity index is 1.78. The number of nitrogens with zero attached hydrogens (tertiary/aromatic N) is 1. The molecule has 0 atom stereocenters. The van der Waals surface area contributed by atoms with Crippen LogP contribution in [0.3, 0.4) is 0 Å². The Bertz CT molecular complexity index is 777. The molecule has 0 spiro atoms. The Kier molecular flexibility index (Phi) is 8.95. The molecule has 2 rings (SSSR count). The Morgan fingerprint density at radius 2 is 1.52 bits per heavy atom. The number of hydrogen-bond donors (Lipinski definition) is 2. The van der Waals surface area contributed by atoms with Crippen molar-refractivity contribution in [2.24, 2.45) is 4.99 Å². The van der Waals surface area contributed by atoms with E-state index in [9.17, 15) is 13.2 Å². The Hall–Kier alpha value is -2.58. The van der Waals surface area contributed by atoms with Crippen molar-refractivity contribution in [3.8, 4) is 0 Å². The van der Waals surface area contributed by atoms with E-state index in [0.717, 1.165) is 16.7 Å². The van der Waals surface area contributed by atoms with Crippen LogP contribution in [0.4, 0.5) is 13.2 Å². The molecule has 0 aliphatic rings. The van der Waals surface area contributed by atoms with Gasteiger partial charge >= 0.3 is 6.18 Å². The molecule has 0 bridgehead atoms. The summed E-state index contributed by atoms with van der Waals surface area (Å²) in [5, 5.41) is 6.46. The number of halogens is 3. The zero-order valence-corrected chi connectivity index (χ0v) is 16.6. The van der Waals surface area contributed by atoms with Gasteiger partial charge in [0, 0.05) is 27.2 Å². The summed E-state index contributed by atoms with van der Waals surface area (Å²) >= 11 is 0. The number of alkyl halides is 3. The van der Waals surface area contributed by atoms with E-state index >= 15 is 0 Å². The quantitative estimate of drug-likeness (QED) is 0.489. The van der Waals surface area contributed by atoms with Crippen LogP contribution in [-0.4, -0.2) is 32.9 Å². The van der Waals surface area contributed by atoms with Crippen LogP contribution < -0.4 is 10.6 Å². The number of hydrogen-bond acceptors (Lipinski definition) is 3. The average molecular weight is 409 g/mol. The Morgan fingerprint density at radius 3 is 2.14 bits per heavy atom. The zero-order valence-electron chi connectivity index (χ0n) is 16.6. The van der Waals surface area contributed by atoms with Crippen LogP contribution in [0.1, 0.15) is 22.3 Å². The van der Waals surface area contributed by atoms with E-state index in [0.29, 0.717) is 31.2 Å². The fourth-order valence-electron chi connectivity index (χ4n) is 2.63. The average Bonchev–Trinajstić information content (AvgIpc) is 2.69. The second-order valence-corrected chi connectivity index (χ2v) is 6.46. The van der Waals surface area contributed by atoms with Crippen LogP contribution in [-0.2, 0) is 35.8 Å². The minimum Gasteiger partial charge on any atom is -0.380 e. The second kappa shape index (κ2) is 11.4. The summed E-state index contributed by atoms with van der Waals surface area (Å²) in [4.78, 5) is 4.20. The van der Waals surface area contributed by atoms with Crippen molar-refractivity contribution < 1.29 is 22.6 Å². The van der Waals surface area contributed by atoms with Crippen molar-refractivity contribution in [1.29, 1.82) is 0 Å². The smallest absolute Gasteiger partial charge is 0.380 e. The van der Waals surface area contributed by atoms with Gasteiger partial charge in [-0.3, -0.25) is 4.99 Å². The maximum atomic E-state index is 12.1. The van der Waals surface area contributed by atoms with Gasteiger partial charge in [-0.15, -0.1) is 0 Å². The number of benzene rings is 2. The van der Waals surface area contributed by atoms with Gasteiger partial charge in [0.15, 0.2) is 5.96 Å². The lowest BCUT2D eigenvalue weighted by atomic mass is 10.1. The van der Waals surface area contributed by atoms with E-state index < -0.39 is 12.8 Å². The highest BCUT2D eigenvalue weighted by molar-refractivity contribution is 5.79. The van der Waals surface area contributed by atoms with Gasteiger partial charge in [-0.05, 0) is 22.3 Å². The third-order valence-corrected chi connectivity index (χ3v) is 4.00. The van der Waals surface area contributed by atoms with Gasteiger partial charge in [-0.1, -0.05) is 48.5 Å². The standard InChI is InChI=1S/C21H26F3N3O2/c1-25-20(27-12-18-4-3-5-19(10-18)13-28-2)26-11-16-6-8-17(9-7-16)14-29-15-21(22,23)24/h3-10H,11-15H2,1-2H3,(H2,25,26,27). The molecule has 2 aromatic rings. The van der Waals surface area contributed by atoms with E-state index in [1.54, 1.807) is 26.3 Å². The molecule has 0 heterocycles. The van der Waals surface area contributed by atoms with Crippen molar-refractivity contribution in [3.05, 3.63) is 70.8 Å². The molecular weight excluding hydrogens is 383 g/mol. The molecule has 0 amide bonds. The molecule has 2 aromatic carbocycles. The molecule has 0 aliphatic carbocycles. The Labute approximate surface area is 168 Å². The number of aliphatic imine (C=N–C) groups is 1. The van der Waals surface area contributed by atoms with Gasteiger partial charge < -0.3 is 20.1 Å². The van der Waals surface area contributed by atoms with Crippen molar-refractivity contribution >= 4 is 5.96 Å². The molecule has 29 heavy (non-hydrogen) atoms. The van der Waals surface area contributed by atoms with Gasteiger partial charge in [-0.25, -0.2) is 0 Å². The lowest BCUT2D eigenvalue weighted by Crippen LogP contribution is -2.36. The summed E-state index contributed by atoms with van der Waals surface area (Å²) in [6, 6.07) is 15.3. The molecule has 158 valence electrons. The third kappa shape index (κ3) is 8.97. The SMILES string of the molecule is CN=C(NCc1ccc(COCC(F)(F)F)cc1)NCc1cccc(COC)c1. The van der Waals surface area contributed by atoms with Gasteiger partial charge in [0.2, 0.25) is 0 Å². The van der Waals surface area contributed by atoms with Crippen molar-refractivity contribution in [1.82, 2.24) is 10.6 Å². The fraction of sp³-hybridized carbons (Fsp3) is 0.381. The van der Waals surface area contributed by atoms with Gasteiger partial charge in [0.1, 0.15) is 6.61 Å². The summed E-state index contributed by atoms with van der Waals surface area (Å²) in [7, 11) is 3.36. The molecule has 0 fully saturated rings. The van der Waals surface area contributed by atoms with Gasteiger partial charge in [0.25, 0.3) is 0 Å². The minimum absolute atomic E-state index is 0.0709. The zero-order chi connectivity index (χ0) is 21.1. The van der Waals surface area contributed by atoms with E-state index in [1.807, 2.05) is 30.3 Å². The summed E-state index contributed by atoms with van der Waals surface area (Å²) in [6.45, 7) is 0.406. The number of methoxy groups -OCH3 is 1. The summed E-state index contributed by atoms with van der Waals surface area (Å²) in [5.74, 6) is 0.653. The molecule has 0 unspecified atom stereocenters. The maximum Gasteiger partial charge on any atom is 0.411 e. The first-order valence-corrected chi connectivity index (χ1v) is 9.13. The topological polar surface area (TPSA) is 54.9 Å². The summed E-state index contributed by atoms with van der Waals surface area (Å²) in [5.41, 5.74) is 3.89. The highest BCUT2D eigenvalue weighted by atomic mass is 19.4. The number of ether oxygens (including phenoxy) is 2. The van der Waals surface area contributed by atoms with E-state index in [2.05, 4.69) is 26.4 Å². The fourth-order valence-corrected chi connectivity index (χ4v) is 2.63. The largest absolute Gasteiger partial charge is 0.411 e. The molecule has 0 radical (unpaired) electrons. The molecule has 0 saturated carbocycles. The van der Waals surface area contributed by atoms with E-state index in [-0.39, 0.29) is 6.61 Å². The Morgan fingerprint density at radius 1 is 0.897 bits per heavy atom. The lowest BCUT2D eigenvalue weighted by molar-refractivity contribution is -0.176. The predicted molar refractivity (Wildman–Crippen MR) is 106 cm³/mol. The molecule has 0 aliphatic heterocycles. The number of guanidine groups is 1. The maximum absolute atomic E-state index is 12.1. The van der Waals surface area contributed by atoms with Crippen LogP contribution in [0.2, 0.25) is 0 Å². The number of rotatable bonds is 9. The van der Waals surface area contributed by atoms with Crippen LogP contribution >= 0.6 is 0 Å². The van der Waals surface area contributed by atoms with Gasteiger partial charge in [-0.2, -0.15) is 13.2 Å². The van der Waals surface area contributed by atoms with Crippen LogP contribution in [0.25, 0.3) is 0 Å². The first-order chi connectivity index (χ1) is 13.9. The predicted octanol–water partition coefficient (Wildman–Crippen LogP) is 3.78. The van der Waals surface area contributed by atoms with E-state index in [1.165, 1.54) is 0 Å². The van der Waals surface area contributed by atoms with Crippen molar-refractivity contribution in [3.63, 3.8) is 0 Å². The third-order valence-electron chi connectivity index (χ3n) is 4.00. The van der Waals surface area contributed by atoms with Crippen molar-refractivity contribution in [2.45, 2.75) is 32.5 Å². The highest BCUT2D eigenvalue weighted by Gasteiger charge is 2.27. The molecule has 0 aromatic heterocycles. The van der Waals surface area contributed by atoms with Crippen LogP contribution in [0, 0.1) is 0 Å². The molecule has 5 nitrogen and oxygen atoms in total. The minimum atomic E-state index is -4.31. The van der Waals surface area contributed by atoms with Crippen LogP contribution in [0.5, 0.6) is 0 Å². The van der Waals surface area contributed by atoms with Crippen LogP contribution in [0.15, 0.2) is 53.5 Å². The van der Waals surface area contributed by atoms with Gasteiger partial charge in [0.05, 0.1) is 13.2 Å². The summed E-state index contributed by atoms with van der Waals surface area (Å²) < 4.78 is 46.1. The second-order valence-electron chi connectivity index (χ2n) is 6.46. The normalized spacial score (nSPS) is 12.1. The van der Waals surface area contributed by atoms with Crippen molar-refractivity contribution in [2.75, 3.05) is 20.8 Å². The number of nitrogens with one attached hydrogen (secondary N) is 2. The summed E-state index contributed by atoms with van der Waals surface area (Å²) in [6.07, 6.45) is -4.31. The first-order valence-electron chi connectivity index (χ1n) is 9.13. The monoisotopic (exact) mass is 409 g/mol.